The zero-order valence-electron chi connectivity index (χ0n) is 17.8. The van der Waals surface area contributed by atoms with Gasteiger partial charge in [-0.25, -0.2) is 17.6 Å². The molecule has 2 aromatic rings. The Bertz CT molecular complexity index is 1180. The van der Waals surface area contributed by atoms with Gasteiger partial charge in [0.1, 0.15) is 11.7 Å². The first kappa shape index (κ1) is 24.1. The van der Waals surface area contributed by atoms with E-state index in [4.69, 9.17) is 4.74 Å². The molecule has 33 heavy (non-hydrogen) atoms. The van der Waals surface area contributed by atoms with E-state index in [1.165, 1.54) is 48.5 Å². The molecule has 0 unspecified atom stereocenters. The number of nitrogens with one attached hydrogen (secondary N) is 2. The molecule has 0 aliphatic carbocycles. The highest BCUT2D eigenvalue weighted by Crippen LogP contribution is 2.16. The molecule has 0 fully saturated rings. The molecule has 10 heteroatoms. The van der Waals surface area contributed by atoms with E-state index in [9.17, 15) is 22.4 Å². The summed E-state index contributed by atoms with van der Waals surface area (Å²) in [5.74, 6) is -1.43. The van der Waals surface area contributed by atoms with E-state index < -0.39 is 34.3 Å². The van der Waals surface area contributed by atoms with Gasteiger partial charge in [0, 0.05) is 24.7 Å². The molecule has 0 aromatic heterocycles. The summed E-state index contributed by atoms with van der Waals surface area (Å²) in [6.45, 7) is 0.0163. The monoisotopic (exact) mass is 473 g/mol. The first-order valence-corrected chi connectivity index (χ1v) is 11.9. The minimum Gasteiger partial charge on any atom is -0.452 e. The van der Waals surface area contributed by atoms with Crippen LogP contribution >= 0.6 is 0 Å². The van der Waals surface area contributed by atoms with Crippen molar-refractivity contribution < 1.29 is 27.1 Å². The SMILES string of the molecule is O=C(COC(=O)C=Cc1cccc(F)c1)Nc1cccc(S(=O)(=O)NC2=NCCCCC2)c1. The van der Waals surface area contributed by atoms with Crippen molar-refractivity contribution in [3.8, 4) is 0 Å². The Morgan fingerprint density at radius 1 is 1.09 bits per heavy atom. The van der Waals surface area contributed by atoms with Gasteiger partial charge in [0.05, 0.1) is 4.90 Å². The molecule has 1 heterocycles. The molecule has 1 aliphatic heterocycles. The number of nitrogens with zero attached hydrogens (tertiary/aromatic N) is 1. The standard InChI is InChI=1S/C23H24FN3O5S/c24-18-7-4-6-17(14-18)11-12-23(29)32-16-22(28)26-19-8-5-9-20(15-19)33(30,31)27-21-10-2-1-3-13-25-21/h4-9,11-12,14-15H,1-3,10,13,16H2,(H,25,27)(H,26,28). The van der Waals surface area contributed by atoms with Crippen molar-refractivity contribution in [1.82, 2.24) is 4.72 Å². The number of benzene rings is 2. The minimum atomic E-state index is -3.85. The van der Waals surface area contributed by atoms with Gasteiger partial charge in [-0.2, -0.15) is 0 Å². The summed E-state index contributed by atoms with van der Waals surface area (Å²) in [6, 6.07) is 11.4. The Kier molecular flexibility index (Phi) is 8.31. The molecule has 0 saturated heterocycles. The minimum absolute atomic E-state index is 0.0257. The smallest absolute Gasteiger partial charge is 0.331 e. The van der Waals surface area contributed by atoms with E-state index in [1.807, 2.05) is 0 Å². The molecule has 0 saturated carbocycles. The number of ether oxygens (including phenoxy) is 1. The fourth-order valence-corrected chi connectivity index (χ4v) is 4.20. The van der Waals surface area contributed by atoms with Gasteiger partial charge in [0.2, 0.25) is 0 Å². The van der Waals surface area contributed by atoms with Crippen LogP contribution in [-0.2, 0) is 24.3 Å². The van der Waals surface area contributed by atoms with Crippen LogP contribution in [0, 0.1) is 5.82 Å². The van der Waals surface area contributed by atoms with Crippen LogP contribution in [0.1, 0.15) is 31.2 Å². The van der Waals surface area contributed by atoms with Crippen molar-refractivity contribution in [2.45, 2.75) is 30.6 Å². The molecule has 8 nitrogen and oxygen atoms in total. The maximum atomic E-state index is 13.1. The highest BCUT2D eigenvalue weighted by Gasteiger charge is 2.18. The molecule has 2 aromatic carbocycles. The number of aliphatic imine (C=N–C) groups is 1. The number of hydrogen-bond donors (Lipinski definition) is 2. The summed E-state index contributed by atoms with van der Waals surface area (Å²) < 4.78 is 45.9. The predicted molar refractivity (Wildman–Crippen MR) is 123 cm³/mol. The van der Waals surface area contributed by atoms with Crippen molar-refractivity contribution in [1.29, 1.82) is 0 Å². The van der Waals surface area contributed by atoms with Crippen LogP contribution in [0.25, 0.3) is 6.08 Å². The van der Waals surface area contributed by atoms with E-state index in [0.717, 1.165) is 25.3 Å². The molecule has 174 valence electrons. The summed E-state index contributed by atoms with van der Waals surface area (Å²) in [4.78, 5) is 28.1. The van der Waals surface area contributed by atoms with Crippen LogP contribution < -0.4 is 10.0 Å². The summed E-state index contributed by atoms with van der Waals surface area (Å²) in [5, 5.41) is 2.49. The maximum absolute atomic E-state index is 13.1. The fourth-order valence-electron chi connectivity index (χ4n) is 3.07. The lowest BCUT2D eigenvalue weighted by molar-refractivity contribution is -0.142. The van der Waals surface area contributed by atoms with Crippen molar-refractivity contribution in [2.24, 2.45) is 4.99 Å². The number of sulfonamides is 1. The molecular formula is C23H24FN3O5S. The number of rotatable bonds is 7. The molecule has 0 radical (unpaired) electrons. The van der Waals surface area contributed by atoms with Crippen LogP contribution in [0.2, 0.25) is 0 Å². The fraction of sp³-hybridized carbons (Fsp3) is 0.261. The molecule has 0 atom stereocenters. The van der Waals surface area contributed by atoms with Gasteiger partial charge in [-0.3, -0.25) is 14.5 Å². The number of amidine groups is 1. The van der Waals surface area contributed by atoms with E-state index in [2.05, 4.69) is 15.0 Å². The zero-order valence-corrected chi connectivity index (χ0v) is 18.6. The molecule has 3 rings (SSSR count). The van der Waals surface area contributed by atoms with Crippen LogP contribution in [0.5, 0.6) is 0 Å². The third-order valence-electron chi connectivity index (χ3n) is 4.66. The molecule has 2 N–H and O–H groups in total. The molecule has 1 amide bonds. The van der Waals surface area contributed by atoms with Crippen molar-refractivity contribution in [3.63, 3.8) is 0 Å². The second-order valence-electron chi connectivity index (χ2n) is 7.32. The number of anilines is 1. The lowest BCUT2D eigenvalue weighted by Gasteiger charge is -2.11. The normalized spacial score (nSPS) is 14.3. The van der Waals surface area contributed by atoms with Gasteiger partial charge < -0.3 is 10.1 Å². The second-order valence-corrected chi connectivity index (χ2v) is 9.00. The summed E-state index contributed by atoms with van der Waals surface area (Å²) in [6.07, 6.45) is 5.81. The van der Waals surface area contributed by atoms with Crippen LogP contribution in [0.4, 0.5) is 10.1 Å². The van der Waals surface area contributed by atoms with Crippen LogP contribution in [-0.4, -0.2) is 39.3 Å². The molecule has 1 aliphatic rings. The highest BCUT2D eigenvalue weighted by molar-refractivity contribution is 7.90. The highest BCUT2D eigenvalue weighted by atomic mass is 32.2. The first-order chi connectivity index (χ1) is 15.8. The maximum Gasteiger partial charge on any atom is 0.331 e. The van der Waals surface area contributed by atoms with Crippen LogP contribution in [0.3, 0.4) is 0 Å². The van der Waals surface area contributed by atoms with Crippen molar-refractivity contribution in [2.75, 3.05) is 18.5 Å². The lowest BCUT2D eigenvalue weighted by Crippen LogP contribution is -2.30. The predicted octanol–water partition coefficient (Wildman–Crippen LogP) is 3.27. The number of esters is 1. The summed E-state index contributed by atoms with van der Waals surface area (Å²) in [5.41, 5.74) is 0.704. The lowest BCUT2D eigenvalue weighted by atomic mass is 10.2. The Hall–Kier alpha value is -3.53. The second kappa shape index (κ2) is 11.4. The number of amides is 1. The zero-order chi connectivity index (χ0) is 23.7. The number of carbonyl (C=O) groups excluding carboxylic acids is 2. The quantitative estimate of drug-likeness (QED) is 0.473. The van der Waals surface area contributed by atoms with E-state index in [-0.39, 0.29) is 10.6 Å². The van der Waals surface area contributed by atoms with E-state index >= 15 is 0 Å². The van der Waals surface area contributed by atoms with Crippen molar-refractivity contribution >= 4 is 39.5 Å². The first-order valence-electron chi connectivity index (χ1n) is 10.4. The van der Waals surface area contributed by atoms with Gasteiger partial charge in [-0.15, -0.1) is 0 Å². The van der Waals surface area contributed by atoms with Gasteiger partial charge in [-0.05, 0) is 54.8 Å². The Morgan fingerprint density at radius 3 is 2.73 bits per heavy atom. The Labute approximate surface area is 191 Å². The number of halogens is 1. The van der Waals surface area contributed by atoms with Gasteiger partial charge >= 0.3 is 5.97 Å². The van der Waals surface area contributed by atoms with Gasteiger partial charge in [0.15, 0.2) is 6.61 Å². The topological polar surface area (TPSA) is 114 Å². The Balaban J connectivity index is 1.54. The van der Waals surface area contributed by atoms with E-state index in [1.54, 1.807) is 6.07 Å². The van der Waals surface area contributed by atoms with Gasteiger partial charge in [-0.1, -0.05) is 24.6 Å². The van der Waals surface area contributed by atoms with Gasteiger partial charge in [0.25, 0.3) is 15.9 Å². The molecule has 0 spiro atoms. The third kappa shape index (κ3) is 7.83. The van der Waals surface area contributed by atoms with Crippen LogP contribution in [0.15, 0.2) is 64.5 Å². The van der Waals surface area contributed by atoms with E-state index in [0.29, 0.717) is 24.4 Å². The average Bonchev–Trinajstić information content (AvgIpc) is 3.05. The summed E-state index contributed by atoms with van der Waals surface area (Å²) >= 11 is 0. The third-order valence-corrected chi connectivity index (χ3v) is 6.04. The van der Waals surface area contributed by atoms with Crippen molar-refractivity contribution in [3.05, 3.63) is 66.0 Å². The Morgan fingerprint density at radius 2 is 1.91 bits per heavy atom. The summed E-state index contributed by atoms with van der Waals surface area (Å²) in [7, 11) is -3.85. The number of hydrogen-bond acceptors (Lipinski definition) is 6. The molecule has 0 bridgehead atoms. The molecular weight excluding hydrogens is 449 g/mol. The number of carbonyl (C=O) groups is 2. The average molecular weight is 474 g/mol. The largest absolute Gasteiger partial charge is 0.452 e.